The number of ether oxygens (including phenoxy) is 1. The predicted molar refractivity (Wildman–Crippen MR) is 75.0 cm³/mol. The average Bonchev–Trinajstić information content (AvgIpc) is 2.49. The summed E-state index contributed by atoms with van der Waals surface area (Å²) in [5.41, 5.74) is 0.0905. The molecule has 1 atom stereocenters. The minimum atomic E-state index is -0.827. The average molecular weight is 276 g/mol. The highest BCUT2D eigenvalue weighted by atomic mass is 16.5. The highest BCUT2D eigenvalue weighted by Crippen LogP contribution is 2.21. The van der Waals surface area contributed by atoms with Crippen LogP contribution in [0.3, 0.4) is 0 Å². The Morgan fingerprint density at radius 1 is 1.40 bits per heavy atom. The Labute approximate surface area is 118 Å². The largest absolute Gasteiger partial charge is 0.445 e. The lowest BCUT2D eigenvalue weighted by Gasteiger charge is -2.35. The molecule has 2 N–H and O–H groups in total. The zero-order chi connectivity index (χ0) is 14.4. The monoisotopic (exact) mass is 276 g/mol. The molecular weight excluding hydrogens is 256 g/mol. The number of alkyl carbamates (subject to hydrolysis) is 1. The quantitative estimate of drug-likeness (QED) is 0.883. The van der Waals surface area contributed by atoms with Gasteiger partial charge in [0.15, 0.2) is 0 Å². The zero-order valence-corrected chi connectivity index (χ0v) is 11.6. The van der Waals surface area contributed by atoms with Gasteiger partial charge in [-0.3, -0.25) is 4.79 Å². The van der Waals surface area contributed by atoms with Crippen molar-refractivity contribution in [3.63, 3.8) is 0 Å². The summed E-state index contributed by atoms with van der Waals surface area (Å²) in [7, 11) is 0. The lowest BCUT2D eigenvalue weighted by Crippen LogP contribution is -2.61. The van der Waals surface area contributed by atoms with Crippen LogP contribution in [0.2, 0.25) is 0 Å². The molecule has 0 bridgehead atoms. The van der Waals surface area contributed by atoms with Gasteiger partial charge in [-0.25, -0.2) is 4.79 Å². The molecule has 1 aliphatic heterocycles. The van der Waals surface area contributed by atoms with Crippen LogP contribution >= 0.6 is 0 Å². The minimum Gasteiger partial charge on any atom is -0.445 e. The first kappa shape index (κ1) is 14.4. The first-order valence-corrected chi connectivity index (χ1v) is 6.93. The number of piperidine rings is 1. The number of nitrogens with one attached hydrogen (secondary N) is 2. The molecule has 2 rings (SSSR count). The number of hydrogen-bond donors (Lipinski definition) is 2. The summed E-state index contributed by atoms with van der Waals surface area (Å²) in [6.45, 7) is 2.76. The topological polar surface area (TPSA) is 67.4 Å². The smallest absolute Gasteiger partial charge is 0.408 e. The fraction of sp³-hybridized carbons (Fsp3) is 0.467. The van der Waals surface area contributed by atoms with Crippen molar-refractivity contribution < 1.29 is 14.3 Å². The minimum absolute atomic E-state index is 0.122. The van der Waals surface area contributed by atoms with Crippen molar-refractivity contribution in [2.24, 2.45) is 0 Å². The molecule has 0 radical (unpaired) electrons. The van der Waals surface area contributed by atoms with Crippen LogP contribution in [0.1, 0.15) is 31.7 Å². The summed E-state index contributed by atoms with van der Waals surface area (Å²) in [5.74, 6) is -0.122. The molecule has 108 valence electrons. The fourth-order valence-electron chi connectivity index (χ4n) is 2.37. The van der Waals surface area contributed by atoms with Crippen LogP contribution in [-0.4, -0.2) is 24.1 Å². The van der Waals surface area contributed by atoms with Crippen molar-refractivity contribution >= 4 is 12.0 Å². The van der Waals surface area contributed by atoms with Crippen LogP contribution in [0.25, 0.3) is 0 Å². The van der Waals surface area contributed by atoms with Gasteiger partial charge >= 0.3 is 6.09 Å². The van der Waals surface area contributed by atoms with Crippen LogP contribution in [0.5, 0.6) is 0 Å². The lowest BCUT2D eigenvalue weighted by molar-refractivity contribution is -0.129. The summed E-state index contributed by atoms with van der Waals surface area (Å²) in [5, 5.41) is 5.52. The van der Waals surface area contributed by atoms with E-state index in [0.717, 1.165) is 12.0 Å². The molecule has 5 heteroatoms. The molecule has 0 spiro atoms. The third-order valence-electron chi connectivity index (χ3n) is 3.66. The van der Waals surface area contributed by atoms with Crippen molar-refractivity contribution in [3.05, 3.63) is 35.9 Å². The van der Waals surface area contributed by atoms with Gasteiger partial charge in [-0.2, -0.15) is 0 Å². The number of carbonyl (C=O) groups excluding carboxylic acids is 2. The van der Waals surface area contributed by atoms with E-state index in [0.29, 0.717) is 19.4 Å². The van der Waals surface area contributed by atoms with Gasteiger partial charge in [0, 0.05) is 6.54 Å². The van der Waals surface area contributed by atoms with Gasteiger partial charge in [0.1, 0.15) is 12.1 Å². The van der Waals surface area contributed by atoms with E-state index in [1.165, 1.54) is 0 Å². The maximum atomic E-state index is 12.0. The van der Waals surface area contributed by atoms with Crippen molar-refractivity contribution in [1.29, 1.82) is 0 Å². The second-order valence-electron chi connectivity index (χ2n) is 4.98. The number of hydrogen-bond acceptors (Lipinski definition) is 3. The molecule has 2 amide bonds. The van der Waals surface area contributed by atoms with Gasteiger partial charge in [-0.05, 0) is 24.8 Å². The fourth-order valence-corrected chi connectivity index (χ4v) is 2.37. The van der Waals surface area contributed by atoms with Crippen molar-refractivity contribution in [1.82, 2.24) is 10.6 Å². The molecule has 1 fully saturated rings. The summed E-state index contributed by atoms with van der Waals surface area (Å²) in [4.78, 5) is 23.9. The third-order valence-corrected chi connectivity index (χ3v) is 3.66. The van der Waals surface area contributed by atoms with Gasteiger partial charge in [0.2, 0.25) is 5.91 Å². The van der Waals surface area contributed by atoms with E-state index in [4.69, 9.17) is 4.74 Å². The highest BCUT2D eigenvalue weighted by molar-refractivity contribution is 5.90. The summed E-state index contributed by atoms with van der Waals surface area (Å²) in [6, 6.07) is 9.45. The van der Waals surface area contributed by atoms with E-state index in [-0.39, 0.29) is 12.5 Å². The van der Waals surface area contributed by atoms with E-state index >= 15 is 0 Å². The molecule has 1 saturated heterocycles. The molecule has 1 heterocycles. The maximum Gasteiger partial charge on any atom is 0.408 e. The summed E-state index contributed by atoms with van der Waals surface area (Å²) < 4.78 is 5.18. The Morgan fingerprint density at radius 2 is 2.15 bits per heavy atom. The van der Waals surface area contributed by atoms with Crippen LogP contribution in [0.4, 0.5) is 4.79 Å². The molecule has 0 aliphatic carbocycles. The number of benzene rings is 1. The lowest BCUT2D eigenvalue weighted by atomic mass is 9.87. The molecule has 1 aliphatic rings. The van der Waals surface area contributed by atoms with E-state index in [1.807, 2.05) is 37.3 Å². The van der Waals surface area contributed by atoms with Crippen LogP contribution in [-0.2, 0) is 16.1 Å². The third kappa shape index (κ3) is 3.29. The molecular formula is C15H20N2O3. The highest BCUT2D eigenvalue weighted by Gasteiger charge is 2.40. The van der Waals surface area contributed by atoms with Crippen molar-refractivity contribution in [2.75, 3.05) is 6.54 Å². The molecule has 5 nitrogen and oxygen atoms in total. The molecule has 1 aromatic rings. The Morgan fingerprint density at radius 3 is 2.80 bits per heavy atom. The van der Waals surface area contributed by atoms with E-state index in [1.54, 1.807) is 0 Å². The summed E-state index contributed by atoms with van der Waals surface area (Å²) in [6.07, 6.45) is 1.51. The second kappa shape index (κ2) is 6.41. The molecule has 1 aromatic carbocycles. The molecule has 0 aromatic heterocycles. The van der Waals surface area contributed by atoms with Gasteiger partial charge in [0.05, 0.1) is 0 Å². The molecule has 0 saturated carbocycles. The van der Waals surface area contributed by atoms with Crippen LogP contribution in [0.15, 0.2) is 30.3 Å². The predicted octanol–water partition coefficient (Wildman–Crippen LogP) is 1.97. The maximum absolute atomic E-state index is 12.0. The first-order valence-electron chi connectivity index (χ1n) is 6.93. The van der Waals surface area contributed by atoms with Crippen molar-refractivity contribution in [2.45, 2.75) is 38.3 Å². The zero-order valence-electron chi connectivity index (χ0n) is 11.6. The first-order chi connectivity index (χ1) is 9.66. The summed E-state index contributed by atoms with van der Waals surface area (Å²) >= 11 is 0. The standard InChI is InChI=1S/C15H20N2O3/c1-2-15(9-6-10-16-13(15)18)17-14(19)20-11-12-7-4-3-5-8-12/h3-5,7-8H,2,6,9-11H2,1H3,(H,16,18)(H,17,19)/t15-/m0/s1. The molecule has 0 unspecified atom stereocenters. The normalized spacial score (nSPS) is 21.9. The van der Waals surface area contributed by atoms with Gasteiger partial charge in [-0.1, -0.05) is 37.3 Å². The van der Waals surface area contributed by atoms with Crippen LogP contribution in [0, 0.1) is 0 Å². The van der Waals surface area contributed by atoms with Gasteiger partial charge < -0.3 is 15.4 Å². The van der Waals surface area contributed by atoms with Gasteiger partial charge in [0.25, 0.3) is 0 Å². The Balaban J connectivity index is 1.91. The SMILES string of the molecule is CC[C@]1(NC(=O)OCc2ccccc2)CCCNC1=O. The van der Waals surface area contributed by atoms with E-state index < -0.39 is 11.6 Å². The Hall–Kier alpha value is -2.04. The van der Waals surface area contributed by atoms with Crippen molar-refractivity contribution in [3.8, 4) is 0 Å². The van der Waals surface area contributed by atoms with E-state index in [9.17, 15) is 9.59 Å². The van der Waals surface area contributed by atoms with Crippen LogP contribution < -0.4 is 10.6 Å². The number of amides is 2. The van der Waals surface area contributed by atoms with E-state index in [2.05, 4.69) is 10.6 Å². The Bertz CT molecular complexity index is 475. The number of rotatable bonds is 4. The number of carbonyl (C=O) groups is 2. The van der Waals surface area contributed by atoms with Gasteiger partial charge in [-0.15, -0.1) is 0 Å². The molecule has 20 heavy (non-hydrogen) atoms. The second-order valence-corrected chi connectivity index (χ2v) is 4.98. The Kier molecular flexibility index (Phi) is 4.61.